The fraction of sp³-hybridized carbons (Fsp3) is 0.143. The lowest BCUT2D eigenvalue weighted by molar-refractivity contribution is 0.0786. The highest BCUT2D eigenvalue weighted by Crippen LogP contribution is 2.28. The third-order valence-electron chi connectivity index (χ3n) is 3.89. The molecule has 0 atom stereocenters. The van der Waals surface area contributed by atoms with Gasteiger partial charge in [-0.25, -0.2) is 0 Å². The lowest BCUT2D eigenvalue weighted by atomic mass is 9.94. The fourth-order valence-electron chi connectivity index (χ4n) is 2.58. The molecule has 0 saturated carbocycles. The van der Waals surface area contributed by atoms with Crippen LogP contribution in [-0.2, 0) is 5.60 Å². The summed E-state index contributed by atoms with van der Waals surface area (Å²) < 4.78 is 0. The van der Waals surface area contributed by atoms with Crippen molar-refractivity contribution in [3.63, 3.8) is 0 Å². The van der Waals surface area contributed by atoms with Crippen molar-refractivity contribution in [2.75, 3.05) is 0 Å². The van der Waals surface area contributed by atoms with Gasteiger partial charge < -0.3 is 5.11 Å². The highest BCUT2D eigenvalue weighted by molar-refractivity contribution is 5.73. The Labute approximate surface area is 131 Å². The number of benzene rings is 3. The molecule has 110 valence electrons. The van der Waals surface area contributed by atoms with Gasteiger partial charge in [-0.1, -0.05) is 72.8 Å². The Morgan fingerprint density at radius 2 is 1.09 bits per heavy atom. The molecule has 0 aliphatic carbocycles. The summed E-state index contributed by atoms with van der Waals surface area (Å²) in [5, 5.41) is 10.0. The molecule has 1 heteroatoms. The summed E-state index contributed by atoms with van der Waals surface area (Å²) in [5.41, 5.74) is 4.90. The molecule has 0 saturated heterocycles. The molecule has 0 amide bonds. The Morgan fingerprint density at radius 3 is 1.64 bits per heavy atom. The van der Waals surface area contributed by atoms with Crippen molar-refractivity contribution >= 4 is 0 Å². The quantitative estimate of drug-likeness (QED) is 0.698. The van der Waals surface area contributed by atoms with Crippen LogP contribution in [0.2, 0.25) is 0 Å². The Hall–Kier alpha value is -2.38. The van der Waals surface area contributed by atoms with Crippen LogP contribution in [0.25, 0.3) is 22.3 Å². The average molecular weight is 288 g/mol. The van der Waals surface area contributed by atoms with Gasteiger partial charge in [-0.15, -0.1) is 0 Å². The summed E-state index contributed by atoms with van der Waals surface area (Å²) in [6.45, 7) is 3.61. The first-order valence-electron chi connectivity index (χ1n) is 7.53. The molecule has 0 spiro atoms. The van der Waals surface area contributed by atoms with E-state index in [2.05, 4.69) is 60.7 Å². The maximum atomic E-state index is 10.0. The highest BCUT2D eigenvalue weighted by Gasteiger charge is 2.15. The van der Waals surface area contributed by atoms with Crippen LogP contribution in [0.15, 0.2) is 78.9 Å². The normalized spacial score (nSPS) is 11.4. The van der Waals surface area contributed by atoms with Crippen LogP contribution in [0.5, 0.6) is 0 Å². The van der Waals surface area contributed by atoms with E-state index in [1.54, 1.807) is 13.8 Å². The lowest BCUT2D eigenvalue weighted by Gasteiger charge is -2.18. The molecule has 0 fully saturated rings. The zero-order valence-corrected chi connectivity index (χ0v) is 13.0. The van der Waals surface area contributed by atoms with Crippen molar-refractivity contribution in [2.45, 2.75) is 19.4 Å². The van der Waals surface area contributed by atoms with Gasteiger partial charge in [0.05, 0.1) is 5.60 Å². The average Bonchev–Trinajstić information content (AvgIpc) is 2.55. The van der Waals surface area contributed by atoms with Crippen LogP contribution in [0.1, 0.15) is 19.4 Å². The summed E-state index contributed by atoms with van der Waals surface area (Å²) in [4.78, 5) is 0. The van der Waals surface area contributed by atoms with E-state index >= 15 is 0 Å². The molecule has 0 unspecified atom stereocenters. The molecule has 0 radical (unpaired) electrons. The molecular formula is C21H20O. The van der Waals surface area contributed by atoms with Gasteiger partial charge >= 0.3 is 0 Å². The third-order valence-corrected chi connectivity index (χ3v) is 3.89. The van der Waals surface area contributed by atoms with Gasteiger partial charge in [-0.3, -0.25) is 0 Å². The Morgan fingerprint density at radius 1 is 0.591 bits per heavy atom. The molecule has 3 aromatic rings. The van der Waals surface area contributed by atoms with Gasteiger partial charge in [0.2, 0.25) is 0 Å². The maximum Gasteiger partial charge on any atom is 0.0840 e. The van der Waals surface area contributed by atoms with Gasteiger partial charge in [0.1, 0.15) is 0 Å². The topological polar surface area (TPSA) is 20.2 Å². The van der Waals surface area contributed by atoms with E-state index in [1.807, 2.05) is 18.2 Å². The predicted molar refractivity (Wildman–Crippen MR) is 92.6 cm³/mol. The van der Waals surface area contributed by atoms with Gasteiger partial charge in [-0.05, 0) is 47.7 Å². The molecule has 1 N–H and O–H groups in total. The molecule has 3 aromatic carbocycles. The minimum Gasteiger partial charge on any atom is -0.386 e. The molecule has 0 aromatic heterocycles. The Balaban J connectivity index is 1.96. The lowest BCUT2D eigenvalue weighted by Crippen LogP contribution is -2.14. The van der Waals surface area contributed by atoms with Crippen molar-refractivity contribution in [1.82, 2.24) is 0 Å². The summed E-state index contributed by atoms with van der Waals surface area (Å²) in [6.07, 6.45) is 0. The first-order chi connectivity index (χ1) is 10.5. The molecule has 3 rings (SSSR count). The van der Waals surface area contributed by atoms with E-state index in [4.69, 9.17) is 0 Å². The standard InChI is InChI=1S/C21H20O/c1-21(2,22)20-13-11-17(12-14-20)19-10-6-9-18(15-19)16-7-4-3-5-8-16/h3-15,22H,1-2H3. The number of rotatable bonds is 3. The van der Waals surface area contributed by atoms with Gasteiger partial charge in [0.15, 0.2) is 0 Å². The third kappa shape index (κ3) is 3.10. The zero-order valence-electron chi connectivity index (χ0n) is 13.0. The van der Waals surface area contributed by atoms with E-state index < -0.39 is 5.60 Å². The van der Waals surface area contributed by atoms with Crippen LogP contribution in [0.3, 0.4) is 0 Å². The van der Waals surface area contributed by atoms with Gasteiger partial charge in [0, 0.05) is 0 Å². The molecule has 0 bridgehead atoms. The second-order valence-electron chi connectivity index (χ2n) is 6.08. The zero-order chi connectivity index (χ0) is 15.6. The first-order valence-corrected chi connectivity index (χ1v) is 7.53. The monoisotopic (exact) mass is 288 g/mol. The van der Waals surface area contributed by atoms with Crippen LogP contribution >= 0.6 is 0 Å². The molecular weight excluding hydrogens is 268 g/mol. The molecule has 22 heavy (non-hydrogen) atoms. The second kappa shape index (κ2) is 5.78. The van der Waals surface area contributed by atoms with Crippen molar-refractivity contribution in [2.24, 2.45) is 0 Å². The maximum absolute atomic E-state index is 10.0. The largest absolute Gasteiger partial charge is 0.386 e. The Bertz CT molecular complexity index is 750. The van der Waals surface area contributed by atoms with E-state index in [1.165, 1.54) is 16.7 Å². The minimum absolute atomic E-state index is 0.801. The number of hydrogen-bond acceptors (Lipinski definition) is 1. The van der Waals surface area contributed by atoms with Crippen LogP contribution in [0.4, 0.5) is 0 Å². The van der Waals surface area contributed by atoms with Crippen LogP contribution in [-0.4, -0.2) is 5.11 Å². The first kappa shape index (κ1) is 14.6. The van der Waals surface area contributed by atoms with E-state index in [0.29, 0.717) is 0 Å². The SMILES string of the molecule is CC(C)(O)c1ccc(-c2cccc(-c3ccccc3)c2)cc1. The molecule has 1 nitrogen and oxygen atoms in total. The number of hydrogen-bond donors (Lipinski definition) is 1. The van der Waals surface area contributed by atoms with Crippen LogP contribution in [0, 0.1) is 0 Å². The molecule has 0 aliphatic heterocycles. The minimum atomic E-state index is -0.801. The van der Waals surface area contributed by atoms with E-state index in [0.717, 1.165) is 11.1 Å². The summed E-state index contributed by atoms with van der Waals surface area (Å²) in [7, 11) is 0. The van der Waals surface area contributed by atoms with Gasteiger partial charge in [0.25, 0.3) is 0 Å². The van der Waals surface area contributed by atoms with E-state index in [9.17, 15) is 5.11 Å². The number of aliphatic hydroxyl groups is 1. The summed E-state index contributed by atoms with van der Waals surface area (Å²) >= 11 is 0. The van der Waals surface area contributed by atoms with Crippen molar-refractivity contribution in [3.05, 3.63) is 84.4 Å². The second-order valence-corrected chi connectivity index (χ2v) is 6.08. The van der Waals surface area contributed by atoms with Crippen LogP contribution < -0.4 is 0 Å². The smallest absolute Gasteiger partial charge is 0.0840 e. The summed E-state index contributed by atoms with van der Waals surface area (Å²) in [6, 6.07) is 27.0. The highest BCUT2D eigenvalue weighted by atomic mass is 16.3. The fourth-order valence-corrected chi connectivity index (χ4v) is 2.58. The molecule has 0 heterocycles. The van der Waals surface area contributed by atoms with Crippen molar-refractivity contribution in [1.29, 1.82) is 0 Å². The predicted octanol–water partition coefficient (Wildman–Crippen LogP) is 5.25. The van der Waals surface area contributed by atoms with Crippen molar-refractivity contribution < 1.29 is 5.11 Å². The summed E-state index contributed by atoms with van der Waals surface area (Å²) in [5.74, 6) is 0. The van der Waals surface area contributed by atoms with E-state index in [-0.39, 0.29) is 0 Å². The molecule has 0 aliphatic rings. The van der Waals surface area contributed by atoms with Crippen molar-refractivity contribution in [3.8, 4) is 22.3 Å². The Kier molecular flexibility index (Phi) is 3.82. The van der Waals surface area contributed by atoms with Gasteiger partial charge in [-0.2, -0.15) is 0 Å².